The van der Waals surface area contributed by atoms with E-state index in [4.69, 9.17) is 9.72 Å². The van der Waals surface area contributed by atoms with Crippen molar-refractivity contribution in [3.05, 3.63) is 52.2 Å². The van der Waals surface area contributed by atoms with E-state index < -0.39 is 5.91 Å². The third-order valence-corrected chi connectivity index (χ3v) is 8.10. The van der Waals surface area contributed by atoms with E-state index in [0.717, 1.165) is 78.5 Å². The van der Waals surface area contributed by atoms with Gasteiger partial charge in [-0.25, -0.2) is 4.98 Å². The highest BCUT2D eigenvalue weighted by atomic mass is 32.1. The van der Waals surface area contributed by atoms with Crippen molar-refractivity contribution in [1.29, 1.82) is 5.26 Å². The molecule has 0 bridgehead atoms. The summed E-state index contributed by atoms with van der Waals surface area (Å²) in [6.45, 7) is 5.14. The fourth-order valence-electron chi connectivity index (χ4n) is 4.28. The van der Waals surface area contributed by atoms with Gasteiger partial charge in [-0.05, 0) is 61.1 Å². The summed E-state index contributed by atoms with van der Waals surface area (Å²) >= 11 is 3.16. The van der Waals surface area contributed by atoms with Crippen LogP contribution in [0.2, 0.25) is 0 Å². The zero-order chi connectivity index (χ0) is 24.0. The van der Waals surface area contributed by atoms with Crippen molar-refractivity contribution in [2.24, 2.45) is 0 Å². The molecule has 2 aliphatic heterocycles. The second kappa shape index (κ2) is 11.0. The molecule has 5 rings (SSSR count). The smallest absolute Gasteiger partial charge is 0.266 e. The molecule has 2 aromatic heterocycles. The molecule has 2 fully saturated rings. The quantitative estimate of drug-likeness (QED) is 0.364. The maximum absolute atomic E-state index is 13.0. The lowest BCUT2D eigenvalue weighted by Crippen LogP contribution is -2.36. The topological polar surface area (TPSA) is 81.5 Å². The molecule has 35 heavy (non-hydrogen) atoms. The molecule has 180 valence electrons. The van der Waals surface area contributed by atoms with Crippen molar-refractivity contribution in [3.8, 4) is 16.6 Å². The van der Waals surface area contributed by atoms with Crippen molar-refractivity contribution in [2.45, 2.75) is 19.3 Å². The molecule has 7 nitrogen and oxygen atoms in total. The van der Waals surface area contributed by atoms with Gasteiger partial charge in [-0.3, -0.25) is 4.79 Å². The number of amides is 1. The number of aromatic nitrogens is 1. The van der Waals surface area contributed by atoms with E-state index in [1.165, 1.54) is 6.42 Å². The first-order valence-electron chi connectivity index (χ1n) is 11.9. The minimum absolute atomic E-state index is 0.0638. The molecule has 3 aromatic rings. The van der Waals surface area contributed by atoms with Crippen LogP contribution >= 0.6 is 22.7 Å². The first kappa shape index (κ1) is 23.5. The van der Waals surface area contributed by atoms with Crippen LogP contribution in [0.5, 0.6) is 0 Å². The van der Waals surface area contributed by atoms with E-state index in [-0.39, 0.29) is 5.57 Å². The van der Waals surface area contributed by atoms with Gasteiger partial charge in [0.2, 0.25) is 0 Å². The molecule has 0 aliphatic carbocycles. The minimum Gasteiger partial charge on any atom is -0.378 e. The number of piperidine rings is 1. The molecule has 0 saturated carbocycles. The van der Waals surface area contributed by atoms with Crippen LogP contribution in [0.1, 0.15) is 24.1 Å². The minimum atomic E-state index is -0.420. The van der Waals surface area contributed by atoms with Gasteiger partial charge in [0.15, 0.2) is 5.13 Å². The van der Waals surface area contributed by atoms with Crippen LogP contribution in [-0.2, 0) is 9.53 Å². The first-order valence-corrected chi connectivity index (χ1v) is 13.6. The summed E-state index contributed by atoms with van der Waals surface area (Å²) in [7, 11) is 0. The van der Waals surface area contributed by atoms with E-state index in [9.17, 15) is 10.1 Å². The Hall–Kier alpha value is -3.19. The molecule has 2 saturated heterocycles. The summed E-state index contributed by atoms with van der Waals surface area (Å²) in [5, 5.41) is 15.6. The molecule has 1 aromatic carbocycles. The Labute approximate surface area is 213 Å². The Bertz CT molecular complexity index is 1220. The van der Waals surface area contributed by atoms with Gasteiger partial charge in [-0.2, -0.15) is 5.26 Å². The number of nitrogens with one attached hydrogen (secondary N) is 1. The van der Waals surface area contributed by atoms with E-state index in [1.807, 2.05) is 41.8 Å². The maximum atomic E-state index is 13.0. The number of ether oxygens (including phenoxy) is 1. The van der Waals surface area contributed by atoms with Gasteiger partial charge in [0.05, 0.1) is 23.0 Å². The Morgan fingerprint density at radius 1 is 1.06 bits per heavy atom. The van der Waals surface area contributed by atoms with E-state index in [2.05, 4.69) is 21.2 Å². The summed E-state index contributed by atoms with van der Waals surface area (Å²) in [6, 6.07) is 13.8. The normalized spacial score (nSPS) is 16.7. The number of benzene rings is 1. The van der Waals surface area contributed by atoms with Gasteiger partial charge < -0.3 is 19.9 Å². The molecule has 4 heterocycles. The SMILES string of the molecule is N#C/C(=C/c1sc(N2CCCCC2)nc1-c1cccs1)C(=O)Nc1ccc(N2CCOCC2)cc1. The van der Waals surface area contributed by atoms with E-state index in [0.29, 0.717) is 5.69 Å². The largest absolute Gasteiger partial charge is 0.378 e. The molecule has 1 amide bonds. The molecular weight excluding hydrogens is 478 g/mol. The molecule has 0 atom stereocenters. The third kappa shape index (κ3) is 5.56. The fraction of sp³-hybridized carbons (Fsp3) is 0.346. The second-order valence-electron chi connectivity index (χ2n) is 8.50. The molecular formula is C26H27N5O2S2. The zero-order valence-corrected chi connectivity index (χ0v) is 21.0. The number of carbonyl (C=O) groups is 1. The highest BCUT2D eigenvalue weighted by Gasteiger charge is 2.21. The average molecular weight is 506 g/mol. The van der Waals surface area contributed by atoms with Crippen LogP contribution in [0.15, 0.2) is 47.4 Å². The molecule has 0 unspecified atom stereocenters. The van der Waals surface area contributed by atoms with Gasteiger partial charge >= 0.3 is 0 Å². The number of thiophene rings is 1. The number of morpholine rings is 1. The van der Waals surface area contributed by atoms with Gasteiger partial charge in [0.1, 0.15) is 17.3 Å². The van der Waals surface area contributed by atoms with Crippen molar-refractivity contribution in [1.82, 2.24) is 4.98 Å². The summed E-state index contributed by atoms with van der Waals surface area (Å²) < 4.78 is 5.41. The van der Waals surface area contributed by atoms with Crippen LogP contribution in [0.3, 0.4) is 0 Å². The Kier molecular flexibility index (Phi) is 7.42. The summed E-state index contributed by atoms with van der Waals surface area (Å²) in [5.74, 6) is -0.420. The second-order valence-corrected chi connectivity index (χ2v) is 10.5. The lowest BCUT2D eigenvalue weighted by molar-refractivity contribution is -0.112. The first-order chi connectivity index (χ1) is 17.2. The van der Waals surface area contributed by atoms with E-state index >= 15 is 0 Å². The van der Waals surface area contributed by atoms with Crippen LogP contribution < -0.4 is 15.1 Å². The molecule has 0 spiro atoms. The van der Waals surface area contributed by atoms with Crippen molar-refractivity contribution >= 4 is 51.2 Å². The Balaban J connectivity index is 1.36. The van der Waals surface area contributed by atoms with Crippen LogP contribution in [0.25, 0.3) is 16.6 Å². The lowest BCUT2D eigenvalue weighted by atomic mass is 10.1. The number of nitrogens with zero attached hydrogens (tertiary/aromatic N) is 4. The fourth-order valence-corrected chi connectivity index (χ4v) is 6.15. The third-order valence-electron chi connectivity index (χ3n) is 6.17. The predicted octanol–water partition coefficient (Wildman–Crippen LogP) is 5.24. The highest BCUT2D eigenvalue weighted by Crippen LogP contribution is 2.37. The Morgan fingerprint density at radius 2 is 1.83 bits per heavy atom. The summed E-state index contributed by atoms with van der Waals surface area (Å²) in [4.78, 5) is 24.3. The lowest BCUT2D eigenvalue weighted by Gasteiger charge is -2.28. The average Bonchev–Trinajstić information content (AvgIpc) is 3.59. The summed E-state index contributed by atoms with van der Waals surface area (Å²) in [6.07, 6.45) is 5.25. The summed E-state index contributed by atoms with van der Waals surface area (Å²) in [5.41, 5.74) is 2.65. The van der Waals surface area contributed by atoms with Gasteiger partial charge in [0, 0.05) is 37.6 Å². The number of hydrogen-bond donors (Lipinski definition) is 1. The maximum Gasteiger partial charge on any atom is 0.266 e. The van der Waals surface area contributed by atoms with E-state index in [1.54, 1.807) is 28.7 Å². The number of rotatable bonds is 6. The standard InChI is InChI=1S/C26H27N5O2S2/c27-18-19(25(32)28-20-6-8-21(9-7-20)30-12-14-33-15-13-30)17-23-24(22-5-4-16-34-22)29-26(35-23)31-10-2-1-3-11-31/h4-9,16-17H,1-3,10-15H2,(H,28,32)/b19-17-. The molecule has 9 heteroatoms. The molecule has 2 aliphatic rings. The number of hydrogen-bond acceptors (Lipinski definition) is 8. The molecule has 0 radical (unpaired) electrons. The zero-order valence-electron chi connectivity index (χ0n) is 19.4. The highest BCUT2D eigenvalue weighted by molar-refractivity contribution is 7.18. The van der Waals surface area contributed by atoms with Crippen molar-refractivity contribution in [2.75, 3.05) is 54.5 Å². The van der Waals surface area contributed by atoms with Crippen LogP contribution in [-0.4, -0.2) is 50.3 Å². The Morgan fingerprint density at radius 3 is 2.51 bits per heavy atom. The number of carbonyl (C=O) groups excluding carboxylic acids is 1. The van der Waals surface area contributed by atoms with Gasteiger partial charge in [0.25, 0.3) is 5.91 Å². The predicted molar refractivity (Wildman–Crippen MR) is 143 cm³/mol. The van der Waals surface area contributed by atoms with Crippen LogP contribution in [0, 0.1) is 11.3 Å². The number of anilines is 3. The van der Waals surface area contributed by atoms with Crippen LogP contribution in [0.4, 0.5) is 16.5 Å². The monoisotopic (exact) mass is 505 g/mol. The molecule has 1 N–H and O–H groups in total. The van der Waals surface area contributed by atoms with Gasteiger partial charge in [-0.15, -0.1) is 11.3 Å². The number of nitriles is 1. The number of thiazole rings is 1. The van der Waals surface area contributed by atoms with Crippen molar-refractivity contribution in [3.63, 3.8) is 0 Å². The van der Waals surface area contributed by atoms with Crippen molar-refractivity contribution < 1.29 is 9.53 Å². The van der Waals surface area contributed by atoms with Gasteiger partial charge in [-0.1, -0.05) is 17.4 Å².